The molecule has 0 bridgehead atoms. The molecule has 0 aliphatic carbocycles. The summed E-state index contributed by atoms with van der Waals surface area (Å²) in [5.41, 5.74) is -0.278. The Hall–Kier alpha value is -2.46. The van der Waals surface area contributed by atoms with E-state index in [-0.39, 0.29) is 17.1 Å². The number of hydrogen-bond donors (Lipinski definition) is 3. The second kappa shape index (κ2) is 8.86. The third-order valence-electron chi connectivity index (χ3n) is 2.69. The molecule has 0 atom stereocenters. The average molecular weight is 341 g/mol. The van der Waals surface area contributed by atoms with E-state index < -0.39 is 14.9 Å². The molecule has 23 heavy (non-hydrogen) atoms. The molecule has 0 aliphatic rings. The molecule has 0 saturated heterocycles. The van der Waals surface area contributed by atoms with Gasteiger partial charge in [-0.3, -0.25) is 15.1 Å². The number of sulfonamides is 1. The standard InChI is InChI=1S/C13H19N5O4S/c1-3-7-15-13(14-2)16-8-9-17-23(21,22)12-6-4-5-11(10-12)18(19)20/h3-6,10,17H,1,7-9H2,2H3,(H2,14,15,16). The van der Waals surface area contributed by atoms with Gasteiger partial charge in [-0.1, -0.05) is 12.1 Å². The van der Waals surface area contributed by atoms with E-state index in [0.29, 0.717) is 19.0 Å². The maximum atomic E-state index is 12.1. The molecule has 0 radical (unpaired) electrons. The predicted octanol–water partition coefficient (Wildman–Crippen LogP) is 0.224. The van der Waals surface area contributed by atoms with Gasteiger partial charge in [0.2, 0.25) is 10.0 Å². The highest BCUT2D eigenvalue weighted by Gasteiger charge is 2.16. The number of rotatable bonds is 8. The van der Waals surface area contributed by atoms with Gasteiger partial charge in [0.25, 0.3) is 5.69 Å². The molecule has 1 aromatic carbocycles. The van der Waals surface area contributed by atoms with Crippen molar-refractivity contribution in [2.75, 3.05) is 26.7 Å². The predicted molar refractivity (Wildman–Crippen MR) is 87.8 cm³/mol. The van der Waals surface area contributed by atoms with Crippen LogP contribution in [0.5, 0.6) is 0 Å². The summed E-state index contributed by atoms with van der Waals surface area (Å²) in [7, 11) is -2.22. The van der Waals surface area contributed by atoms with Gasteiger partial charge in [-0.2, -0.15) is 0 Å². The molecule has 3 N–H and O–H groups in total. The highest BCUT2D eigenvalue weighted by atomic mass is 32.2. The van der Waals surface area contributed by atoms with E-state index in [1.54, 1.807) is 13.1 Å². The highest BCUT2D eigenvalue weighted by molar-refractivity contribution is 7.89. The van der Waals surface area contributed by atoms with E-state index in [1.807, 2.05) is 0 Å². The monoisotopic (exact) mass is 341 g/mol. The van der Waals surface area contributed by atoms with Crippen molar-refractivity contribution in [3.63, 3.8) is 0 Å². The second-order valence-electron chi connectivity index (χ2n) is 4.32. The molecule has 126 valence electrons. The summed E-state index contributed by atoms with van der Waals surface area (Å²) in [6, 6.07) is 4.87. The minimum absolute atomic E-state index is 0.0970. The first-order valence-electron chi connectivity index (χ1n) is 6.70. The number of benzene rings is 1. The summed E-state index contributed by atoms with van der Waals surface area (Å²) in [6.45, 7) is 4.48. The Balaban J connectivity index is 2.58. The minimum atomic E-state index is -3.81. The van der Waals surface area contributed by atoms with E-state index in [1.165, 1.54) is 18.2 Å². The largest absolute Gasteiger partial charge is 0.355 e. The molecule has 0 fully saturated rings. The van der Waals surface area contributed by atoms with Crippen LogP contribution in [0.3, 0.4) is 0 Å². The summed E-state index contributed by atoms with van der Waals surface area (Å²) >= 11 is 0. The van der Waals surface area contributed by atoms with E-state index in [0.717, 1.165) is 6.07 Å². The van der Waals surface area contributed by atoms with Gasteiger partial charge in [-0.15, -0.1) is 6.58 Å². The molecule has 0 aliphatic heterocycles. The van der Waals surface area contributed by atoms with Gasteiger partial charge in [0, 0.05) is 38.8 Å². The Morgan fingerprint density at radius 2 is 2.13 bits per heavy atom. The molecule has 0 amide bonds. The Kier molecular flexibility index (Phi) is 7.16. The minimum Gasteiger partial charge on any atom is -0.355 e. The summed E-state index contributed by atoms with van der Waals surface area (Å²) in [5.74, 6) is 0.513. The van der Waals surface area contributed by atoms with Crippen molar-refractivity contribution < 1.29 is 13.3 Å². The van der Waals surface area contributed by atoms with Crippen LogP contribution in [-0.2, 0) is 10.0 Å². The number of nitro benzene ring substituents is 1. The summed E-state index contributed by atoms with van der Waals surface area (Å²) in [5, 5.41) is 16.5. The van der Waals surface area contributed by atoms with Crippen molar-refractivity contribution in [1.82, 2.24) is 15.4 Å². The molecule has 0 saturated carbocycles. The molecule has 0 heterocycles. The smallest absolute Gasteiger partial charge is 0.270 e. The van der Waals surface area contributed by atoms with Gasteiger partial charge in [-0.25, -0.2) is 13.1 Å². The fraction of sp³-hybridized carbons (Fsp3) is 0.308. The third kappa shape index (κ3) is 6.04. The van der Waals surface area contributed by atoms with Gasteiger partial charge in [0.1, 0.15) is 0 Å². The summed E-state index contributed by atoms with van der Waals surface area (Å²) in [4.78, 5) is 13.8. The molecule has 0 aromatic heterocycles. The number of nitrogens with one attached hydrogen (secondary N) is 3. The quantitative estimate of drug-likeness (QED) is 0.155. The van der Waals surface area contributed by atoms with Crippen LogP contribution in [-0.4, -0.2) is 46.0 Å². The van der Waals surface area contributed by atoms with Crippen molar-refractivity contribution in [2.45, 2.75) is 4.90 Å². The average Bonchev–Trinajstić information content (AvgIpc) is 2.54. The van der Waals surface area contributed by atoms with Crippen LogP contribution >= 0.6 is 0 Å². The van der Waals surface area contributed by atoms with Crippen LogP contribution < -0.4 is 15.4 Å². The Labute approximate surface area is 134 Å². The fourth-order valence-corrected chi connectivity index (χ4v) is 2.67. The van der Waals surface area contributed by atoms with Crippen LogP contribution in [0.25, 0.3) is 0 Å². The van der Waals surface area contributed by atoms with E-state index in [4.69, 9.17) is 0 Å². The van der Waals surface area contributed by atoms with Crippen LogP contribution in [0.1, 0.15) is 0 Å². The third-order valence-corrected chi connectivity index (χ3v) is 4.14. The number of aliphatic imine (C=N–C) groups is 1. The number of hydrogen-bond acceptors (Lipinski definition) is 5. The molecule has 0 spiro atoms. The SMILES string of the molecule is C=CCNC(=NC)NCCNS(=O)(=O)c1cccc([N+](=O)[O-])c1. The molecule has 9 nitrogen and oxygen atoms in total. The van der Waals surface area contributed by atoms with Gasteiger partial charge in [-0.05, 0) is 6.07 Å². The van der Waals surface area contributed by atoms with Gasteiger partial charge >= 0.3 is 0 Å². The summed E-state index contributed by atoms with van der Waals surface area (Å²) in [6.07, 6.45) is 1.66. The zero-order chi connectivity index (χ0) is 17.3. The van der Waals surface area contributed by atoms with Gasteiger partial charge < -0.3 is 10.6 Å². The number of non-ortho nitro benzene ring substituents is 1. The van der Waals surface area contributed by atoms with Crippen LogP contribution in [0.2, 0.25) is 0 Å². The highest BCUT2D eigenvalue weighted by Crippen LogP contribution is 2.16. The lowest BCUT2D eigenvalue weighted by Crippen LogP contribution is -2.41. The zero-order valence-electron chi connectivity index (χ0n) is 12.7. The number of nitrogens with zero attached hydrogens (tertiary/aromatic N) is 2. The van der Waals surface area contributed by atoms with Crippen LogP contribution in [0, 0.1) is 10.1 Å². The maximum Gasteiger partial charge on any atom is 0.270 e. The molecule has 1 aromatic rings. The Morgan fingerprint density at radius 3 is 2.74 bits per heavy atom. The second-order valence-corrected chi connectivity index (χ2v) is 6.09. The van der Waals surface area contributed by atoms with E-state index >= 15 is 0 Å². The van der Waals surface area contributed by atoms with Crippen LogP contribution in [0.4, 0.5) is 5.69 Å². The number of guanidine groups is 1. The molecular formula is C13H19N5O4S. The van der Waals surface area contributed by atoms with Crippen molar-refractivity contribution in [3.05, 3.63) is 47.0 Å². The van der Waals surface area contributed by atoms with Crippen molar-refractivity contribution in [1.29, 1.82) is 0 Å². The van der Waals surface area contributed by atoms with Crippen molar-refractivity contribution in [2.24, 2.45) is 4.99 Å². The lowest BCUT2D eigenvalue weighted by molar-refractivity contribution is -0.385. The first kappa shape index (κ1) is 18.6. The Morgan fingerprint density at radius 1 is 1.39 bits per heavy atom. The molecule has 0 unspecified atom stereocenters. The normalized spacial score (nSPS) is 11.8. The lowest BCUT2D eigenvalue weighted by atomic mass is 10.3. The maximum absolute atomic E-state index is 12.1. The van der Waals surface area contributed by atoms with E-state index in [9.17, 15) is 18.5 Å². The fourth-order valence-electron chi connectivity index (χ4n) is 1.60. The van der Waals surface area contributed by atoms with Crippen molar-refractivity contribution >= 4 is 21.7 Å². The van der Waals surface area contributed by atoms with Gasteiger partial charge in [0.15, 0.2) is 5.96 Å². The van der Waals surface area contributed by atoms with E-state index in [2.05, 4.69) is 26.9 Å². The number of nitro groups is 1. The molecule has 10 heteroatoms. The first-order valence-corrected chi connectivity index (χ1v) is 8.18. The first-order chi connectivity index (χ1) is 10.9. The zero-order valence-corrected chi connectivity index (χ0v) is 13.5. The van der Waals surface area contributed by atoms with Crippen molar-refractivity contribution in [3.8, 4) is 0 Å². The van der Waals surface area contributed by atoms with Crippen LogP contribution in [0.15, 0.2) is 46.8 Å². The summed E-state index contributed by atoms with van der Waals surface area (Å²) < 4.78 is 26.5. The Bertz CT molecular complexity index is 687. The molecule has 1 rings (SSSR count). The topological polar surface area (TPSA) is 126 Å². The van der Waals surface area contributed by atoms with Gasteiger partial charge in [0.05, 0.1) is 9.82 Å². The molecular weight excluding hydrogens is 322 g/mol. The lowest BCUT2D eigenvalue weighted by Gasteiger charge is -2.11.